The van der Waals surface area contributed by atoms with Crippen LogP contribution in [0, 0.1) is 29.6 Å². The van der Waals surface area contributed by atoms with Crippen LogP contribution in [0.5, 0.6) is 5.75 Å². The molecule has 1 fully saturated rings. The zero-order chi connectivity index (χ0) is 18.8. The summed E-state index contributed by atoms with van der Waals surface area (Å²) in [5, 5.41) is 10.7. The Morgan fingerprint density at radius 1 is 1.35 bits per heavy atom. The third kappa shape index (κ3) is 3.37. The fraction of sp³-hybridized carbons (Fsp3) is 0.474. The molecule has 0 saturated heterocycles. The quantitative estimate of drug-likeness (QED) is 0.649. The monoisotopic (exact) mass is 360 g/mol. The first-order chi connectivity index (χ1) is 12.4. The van der Waals surface area contributed by atoms with Gasteiger partial charge in [0.25, 0.3) is 5.91 Å². The lowest BCUT2D eigenvalue weighted by atomic mass is 9.82. The molecule has 0 radical (unpaired) electrons. The average Bonchev–Trinajstić information content (AvgIpc) is 2.98. The van der Waals surface area contributed by atoms with Crippen molar-refractivity contribution in [2.45, 2.75) is 32.2 Å². The maximum absolute atomic E-state index is 13.9. The number of hydroxylamine groups is 2. The lowest BCUT2D eigenvalue weighted by Crippen LogP contribution is -2.34. The highest BCUT2D eigenvalue weighted by Gasteiger charge is 2.32. The van der Waals surface area contributed by atoms with Gasteiger partial charge in [-0.2, -0.15) is 0 Å². The predicted octanol–water partition coefficient (Wildman–Crippen LogP) is 2.27. The standard InChI is InChI=1S/C19H21FN2O4/c1-21(26-2)18(24)13-5-3-12(4-6-13)9-10-22-11-14-7-8-15(23)17(20)16(14)19(22)25/h7-8,12-13,23H,3-6,11H2,1-2H3. The number of carbonyl (C=O) groups is 2. The van der Waals surface area contributed by atoms with E-state index in [1.54, 1.807) is 7.05 Å². The number of amides is 2. The number of fused-ring (bicyclic) bond motifs is 1. The van der Waals surface area contributed by atoms with E-state index in [4.69, 9.17) is 4.84 Å². The van der Waals surface area contributed by atoms with E-state index in [0.29, 0.717) is 5.56 Å². The Kier molecular flexibility index (Phi) is 5.14. The van der Waals surface area contributed by atoms with E-state index in [1.807, 2.05) is 0 Å². The zero-order valence-electron chi connectivity index (χ0n) is 14.8. The van der Waals surface area contributed by atoms with Gasteiger partial charge >= 0.3 is 0 Å². The lowest BCUT2D eigenvalue weighted by Gasteiger charge is -2.27. The zero-order valence-corrected chi connectivity index (χ0v) is 14.8. The van der Waals surface area contributed by atoms with Crippen LogP contribution >= 0.6 is 0 Å². The molecule has 0 atom stereocenters. The molecule has 1 aromatic carbocycles. The molecule has 1 N–H and O–H groups in total. The van der Waals surface area contributed by atoms with Gasteiger partial charge in [-0.05, 0) is 37.3 Å². The third-order valence-electron chi connectivity index (χ3n) is 5.06. The summed E-state index contributed by atoms with van der Waals surface area (Å²) < 4.78 is 13.9. The minimum absolute atomic E-state index is 0.0284. The fourth-order valence-corrected chi connectivity index (χ4v) is 3.44. The molecule has 2 amide bonds. The van der Waals surface area contributed by atoms with Gasteiger partial charge in [0, 0.05) is 24.9 Å². The van der Waals surface area contributed by atoms with E-state index in [9.17, 15) is 19.1 Å². The number of hydrogen-bond acceptors (Lipinski definition) is 4. The van der Waals surface area contributed by atoms with Crippen molar-refractivity contribution in [2.24, 2.45) is 11.8 Å². The van der Waals surface area contributed by atoms with E-state index >= 15 is 0 Å². The normalized spacial score (nSPS) is 21.8. The summed E-state index contributed by atoms with van der Waals surface area (Å²) in [6.07, 6.45) is 2.99. The minimum Gasteiger partial charge on any atom is -0.505 e. The number of rotatable bonds is 2. The highest BCUT2D eigenvalue weighted by molar-refractivity contribution is 6.00. The molecule has 6 nitrogen and oxygen atoms in total. The summed E-state index contributed by atoms with van der Waals surface area (Å²) in [5.74, 6) is 1.14. The van der Waals surface area contributed by atoms with Crippen LogP contribution in [-0.4, -0.2) is 41.0 Å². The number of phenolic OH excluding ortho intramolecular Hbond substituents is 1. The number of carbonyl (C=O) groups excluding carboxylic acids is 2. The molecule has 1 heterocycles. The summed E-state index contributed by atoms with van der Waals surface area (Å²) >= 11 is 0. The van der Waals surface area contributed by atoms with Crippen LogP contribution in [0.3, 0.4) is 0 Å². The second kappa shape index (κ2) is 7.34. The van der Waals surface area contributed by atoms with Gasteiger partial charge in [0.2, 0.25) is 5.91 Å². The summed E-state index contributed by atoms with van der Waals surface area (Å²) in [7, 11) is 3.06. The van der Waals surface area contributed by atoms with Crippen molar-refractivity contribution in [3.05, 3.63) is 29.1 Å². The molecular formula is C19H21FN2O4. The molecular weight excluding hydrogens is 339 g/mol. The van der Waals surface area contributed by atoms with Crippen molar-refractivity contribution in [1.29, 1.82) is 0 Å². The molecule has 2 aliphatic rings. The average molecular weight is 360 g/mol. The molecule has 1 aliphatic heterocycles. The van der Waals surface area contributed by atoms with Crippen molar-refractivity contribution >= 4 is 11.8 Å². The van der Waals surface area contributed by atoms with Crippen molar-refractivity contribution in [1.82, 2.24) is 9.96 Å². The van der Waals surface area contributed by atoms with Gasteiger partial charge in [-0.15, -0.1) is 0 Å². The van der Waals surface area contributed by atoms with Gasteiger partial charge < -0.3 is 5.11 Å². The molecule has 26 heavy (non-hydrogen) atoms. The van der Waals surface area contributed by atoms with Gasteiger partial charge in [-0.1, -0.05) is 12.0 Å². The number of hydrogen-bond donors (Lipinski definition) is 1. The molecule has 1 aliphatic carbocycles. The third-order valence-corrected chi connectivity index (χ3v) is 5.06. The molecule has 0 bridgehead atoms. The number of phenols is 1. The molecule has 3 rings (SSSR count). The first kappa shape index (κ1) is 18.2. The highest BCUT2D eigenvalue weighted by Crippen LogP contribution is 2.31. The lowest BCUT2D eigenvalue weighted by molar-refractivity contribution is -0.174. The first-order valence-electron chi connectivity index (χ1n) is 8.57. The fourth-order valence-electron chi connectivity index (χ4n) is 3.44. The first-order valence-corrected chi connectivity index (χ1v) is 8.57. The summed E-state index contributed by atoms with van der Waals surface area (Å²) in [5.41, 5.74) is 0.424. The number of halogens is 1. The SMILES string of the molecule is CON(C)C(=O)C1CCC(C#CN2Cc3ccc(O)c(F)c3C2=O)CC1. The molecule has 138 valence electrons. The van der Waals surface area contributed by atoms with E-state index in [-0.39, 0.29) is 29.9 Å². The molecule has 0 unspecified atom stereocenters. The Hall–Kier alpha value is -2.59. The number of nitrogens with zero attached hydrogens (tertiary/aromatic N) is 2. The Bertz CT molecular complexity index is 791. The van der Waals surface area contributed by atoms with Crippen LogP contribution < -0.4 is 0 Å². The topological polar surface area (TPSA) is 70.1 Å². The van der Waals surface area contributed by atoms with E-state index < -0.39 is 17.5 Å². The molecule has 1 aromatic rings. The van der Waals surface area contributed by atoms with Gasteiger partial charge in [-0.3, -0.25) is 19.3 Å². The maximum atomic E-state index is 13.9. The van der Waals surface area contributed by atoms with Crippen LogP contribution in [0.1, 0.15) is 41.6 Å². The van der Waals surface area contributed by atoms with Crippen LogP contribution in [0.4, 0.5) is 4.39 Å². The second-order valence-electron chi connectivity index (χ2n) is 6.65. The highest BCUT2D eigenvalue weighted by atomic mass is 19.1. The molecule has 7 heteroatoms. The summed E-state index contributed by atoms with van der Waals surface area (Å²) in [6.45, 7) is 0.213. The second-order valence-corrected chi connectivity index (χ2v) is 6.65. The largest absolute Gasteiger partial charge is 0.505 e. The van der Waals surface area contributed by atoms with Crippen LogP contribution in [0.15, 0.2) is 12.1 Å². The van der Waals surface area contributed by atoms with Crippen LogP contribution in [-0.2, 0) is 16.2 Å². The Morgan fingerprint density at radius 2 is 2.04 bits per heavy atom. The maximum Gasteiger partial charge on any atom is 0.269 e. The van der Waals surface area contributed by atoms with Gasteiger partial charge in [0.15, 0.2) is 11.6 Å². The minimum atomic E-state index is -0.891. The Labute approximate surface area is 151 Å². The summed E-state index contributed by atoms with van der Waals surface area (Å²) in [6, 6.07) is 5.62. The Balaban J connectivity index is 1.61. The van der Waals surface area contributed by atoms with Crippen LogP contribution in [0.25, 0.3) is 0 Å². The molecule has 1 saturated carbocycles. The number of benzene rings is 1. The van der Waals surface area contributed by atoms with Gasteiger partial charge in [-0.25, -0.2) is 9.45 Å². The van der Waals surface area contributed by atoms with Crippen molar-refractivity contribution in [3.8, 4) is 17.7 Å². The Morgan fingerprint density at radius 3 is 2.69 bits per heavy atom. The van der Waals surface area contributed by atoms with E-state index in [0.717, 1.165) is 25.7 Å². The van der Waals surface area contributed by atoms with Crippen molar-refractivity contribution in [2.75, 3.05) is 14.2 Å². The number of aromatic hydroxyl groups is 1. The van der Waals surface area contributed by atoms with E-state index in [2.05, 4.69) is 12.0 Å². The van der Waals surface area contributed by atoms with Crippen molar-refractivity contribution in [3.63, 3.8) is 0 Å². The van der Waals surface area contributed by atoms with Gasteiger partial charge in [0.1, 0.15) is 0 Å². The smallest absolute Gasteiger partial charge is 0.269 e. The van der Waals surface area contributed by atoms with Crippen LogP contribution in [0.2, 0.25) is 0 Å². The predicted molar refractivity (Wildman–Crippen MR) is 90.9 cm³/mol. The molecule has 0 aromatic heterocycles. The van der Waals surface area contributed by atoms with Gasteiger partial charge in [0.05, 0.1) is 19.2 Å². The molecule has 0 spiro atoms. The summed E-state index contributed by atoms with van der Waals surface area (Å²) in [4.78, 5) is 30.6. The van der Waals surface area contributed by atoms with E-state index in [1.165, 1.54) is 29.2 Å². The van der Waals surface area contributed by atoms with Crippen molar-refractivity contribution < 1.29 is 23.9 Å².